The third-order valence-electron chi connectivity index (χ3n) is 2.82. The van der Waals surface area contributed by atoms with Crippen molar-refractivity contribution < 1.29 is 14.6 Å². The lowest BCUT2D eigenvalue weighted by atomic mass is 10.1. The molecule has 1 heterocycles. The van der Waals surface area contributed by atoms with Crippen molar-refractivity contribution >= 4 is 11.3 Å². The molecule has 4 nitrogen and oxygen atoms in total. The van der Waals surface area contributed by atoms with Crippen LogP contribution in [0, 0.1) is 0 Å². The monoisotopic (exact) mass is 293 g/mol. The maximum atomic E-state index is 9.99. The van der Waals surface area contributed by atoms with Crippen LogP contribution in [-0.4, -0.2) is 23.8 Å². The first-order chi connectivity index (χ1) is 9.45. The molecule has 0 aliphatic rings. The van der Waals surface area contributed by atoms with E-state index in [0.717, 1.165) is 21.2 Å². The second-order valence-corrected chi connectivity index (χ2v) is 5.92. The molecule has 0 aliphatic heterocycles. The van der Waals surface area contributed by atoms with Gasteiger partial charge < -0.3 is 14.6 Å². The van der Waals surface area contributed by atoms with Gasteiger partial charge >= 0.3 is 0 Å². The standard InChI is InChI=1S/C15H19NO3S/c1-5-19-11-7-6-10(8-12(11)18-4)14-16-9-13(20-14)15(2,3)17/h6-9,17H,5H2,1-4H3. The van der Waals surface area contributed by atoms with Crippen molar-refractivity contribution in [2.75, 3.05) is 13.7 Å². The molecule has 0 saturated heterocycles. The third-order valence-corrected chi connectivity index (χ3v) is 4.18. The highest BCUT2D eigenvalue weighted by Gasteiger charge is 2.20. The van der Waals surface area contributed by atoms with E-state index in [9.17, 15) is 5.11 Å². The summed E-state index contributed by atoms with van der Waals surface area (Å²) in [7, 11) is 1.62. The molecule has 0 amide bonds. The average molecular weight is 293 g/mol. The van der Waals surface area contributed by atoms with E-state index in [1.165, 1.54) is 11.3 Å². The second kappa shape index (κ2) is 5.81. The van der Waals surface area contributed by atoms with Crippen LogP contribution < -0.4 is 9.47 Å². The molecule has 0 unspecified atom stereocenters. The van der Waals surface area contributed by atoms with Crippen molar-refractivity contribution in [1.82, 2.24) is 4.98 Å². The van der Waals surface area contributed by atoms with E-state index in [1.54, 1.807) is 27.2 Å². The highest BCUT2D eigenvalue weighted by atomic mass is 32.1. The number of benzene rings is 1. The predicted octanol–water partition coefficient (Wildman–Crippen LogP) is 3.44. The van der Waals surface area contributed by atoms with Gasteiger partial charge in [0.25, 0.3) is 0 Å². The number of aromatic nitrogens is 1. The lowest BCUT2D eigenvalue weighted by molar-refractivity contribution is 0.0823. The summed E-state index contributed by atoms with van der Waals surface area (Å²) >= 11 is 1.47. The molecule has 0 bridgehead atoms. The fourth-order valence-electron chi connectivity index (χ4n) is 1.77. The van der Waals surface area contributed by atoms with Crippen LogP contribution >= 0.6 is 11.3 Å². The molecular formula is C15H19NO3S. The Labute approximate surface area is 123 Å². The van der Waals surface area contributed by atoms with Crippen LogP contribution in [0.1, 0.15) is 25.6 Å². The summed E-state index contributed by atoms with van der Waals surface area (Å²) in [6, 6.07) is 5.72. The van der Waals surface area contributed by atoms with E-state index in [2.05, 4.69) is 4.98 Å². The molecule has 0 aliphatic carbocycles. The van der Waals surface area contributed by atoms with Gasteiger partial charge in [0.15, 0.2) is 11.5 Å². The zero-order valence-electron chi connectivity index (χ0n) is 12.1. The summed E-state index contributed by atoms with van der Waals surface area (Å²) in [5, 5.41) is 10.8. The van der Waals surface area contributed by atoms with E-state index in [0.29, 0.717) is 12.4 Å². The number of hydrogen-bond acceptors (Lipinski definition) is 5. The molecule has 20 heavy (non-hydrogen) atoms. The summed E-state index contributed by atoms with van der Waals surface area (Å²) in [4.78, 5) is 5.20. The molecule has 0 spiro atoms. The van der Waals surface area contributed by atoms with Gasteiger partial charge in [-0.05, 0) is 39.0 Å². The first kappa shape index (κ1) is 14.8. The van der Waals surface area contributed by atoms with Crippen LogP contribution in [0.3, 0.4) is 0 Å². The third kappa shape index (κ3) is 3.11. The molecule has 0 fully saturated rings. The Morgan fingerprint density at radius 2 is 2.05 bits per heavy atom. The Morgan fingerprint density at radius 1 is 1.30 bits per heavy atom. The molecule has 0 atom stereocenters. The molecule has 0 saturated carbocycles. The maximum Gasteiger partial charge on any atom is 0.161 e. The number of ether oxygens (including phenoxy) is 2. The topological polar surface area (TPSA) is 51.6 Å². The van der Waals surface area contributed by atoms with E-state index < -0.39 is 5.60 Å². The summed E-state index contributed by atoms with van der Waals surface area (Å²) in [6.07, 6.45) is 1.71. The summed E-state index contributed by atoms with van der Waals surface area (Å²) in [5.41, 5.74) is 0.0800. The molecule has 1 N–H and O–H groups in total. The quantitative estimate of drug-likeness (QED) is 0.917. The fourth-order valence-corrected chi connectivity index (χ4v) is 2.68. The number of rotatable bonds is 5. The Hall–Kier alpha value is -1.59. The van der Waals surface area contributed by atoms with Crippen molar-refractivity contribution in [3.63, 3.8) is 0 Å². The molecule has 1 aromatic heterocycles. The lowest BCUT2D eigenvalue weighted by Crippen LogP contribution is -2.12. The smallest absolute Gasteiger partial charge is 0.161 e. The Kier molecular flexibility index (Phi) is 4.30. The van der Waals surface area contributed by atoms with Crippen molar-refractivity contribution in [2.24, 2.45) is 0 Å². The Bertz CT molecular complexity index is 587. The number of thiazole rings is 1. The molecule has 5 heteroatoms. The van der Waals surface area contributed by atoms with Crippen LogP contribution in [0.4, 0.5) is 0 Å². The summed E-state index contributed by atoms with van der Waals surface area (Å²) in [6.45, 7) is 6.03. The number of aliphatic hydroxyl groups is 1. The first-order valence-electron chi connectivity index (χ1n) is 6.45. The van der Waals surface area contributed by atoms with Gasteiger partial charge in [0, 0.05) is 11.8 Å². The normalized spacial score (nSPS) is 11.4. The van der Waals surface area contributed by atoms with Crippen LogP contribution in [0.25, 0.3) is 10.6 Å². The predicted molar refractivity (Wildman–Crippen MR) is 80.5 cm³/mol. The van der Waals surface area contributed by atoms with Gasteiger partial charge in [0.1, 0.15) is 5.01 Å². The molecule has 2 aromatic rings. The van der Waals surface area contributed by atoms with Crippen molar-refractivity contribution in [2.45, 2.75) is 26.4 Å². The van der Waals surface area contributed by atoms with Gasteiger partial charge in [-0.25, -0.2) is 4.98 Å². The highest BCUT2D eigenvalue weighted by molar-refractivity contribution is 7.15. The van der Waals surface area contributed by atoms with Gasteiger partial charge in [-0.1, -0.05) is 0 Å². The van der Waals surface area contributed by atoms with E-state index in [1.807, 2.05) is 25.1 Å². The minimum absolute atomic E-state index is 0.593. The van der Waals surface area contributed by atoms with Crippen LogP contribution in [0.15, 0.2) is 24.4 Å². The van der Waals surface area contributed by atoms with Gasteiger partial charge in [-0.15, -0.1) is 11.3 Å². The van der Waals surface area contributed by atoms with Gasteiger partial charge in [0.05, 0.1) is 24.2 Å². The minimum Gasteiger partial charge on any atom is -0.493 e. The highest BCUT2D eigenvalue weighted by Crippen LogP contribution is 2.36. The van der Waals surface area contributed by atoms with Gasteiger partial charge in [0.2, 0.25) is 0 Å². The zero-order valence-corrected chi connectivity index (χ0v) is 13.0. The molecule has 108 valence electrons. The number of hydrogen-bond donors (Lipinski definition) is 1. The molecule has 1 aromatic carbocycles. The summed E-state index contributed by atoms with van der Waals surface area (Å²) < 4.78 is 10.8. The van der Waals surface area contributed by atoms with Crippen LogP contribution in [0.5, 0.6) is 11.5 Å². The number of methoxy groups -OCH3 is 1. The largest absolute Gasteiger partial charge is 0.493 e. The van der Waals surface area contributed by atoms with Crippen LogP contribution in [0.2, 0.25) is 0 Å². The Balaban J connectivity index is 2.36. The van der Waals surface area contributed by atoms with Gasteiger partial charge in [-0.3, -0.25) is 0 Å². The van der Waals surface area contributed by atoms with Crippen molar-refractivity contribution in [3.05, 3.63) is 29.3 Å². The van der Waals surface area contributed by atoms with E-state index in [4.69, 9.17) is 9.47 Å². The molecule has 0 radical (unpaired) electrons. The average Bonchev–Trinajstić information content (AvgIpc) is 2.89. The fraction of sp³-hybridized carbons (Fsp3) is 0.400. The zero-order chi connectivity index (χ0) is 14.8. The second-order valence-electron chi connectivity index (χ2n) is 4.89. The van der Waals surface area contributed by atoms with Crippen LogP contribution in [-0.2, 0) is 5.60 Å². The first-order valence-corrected chi connectivity index (χ1v) is 7.27. The Morgan fingerprint density at radius 3 is 2.60 bits per heavy atom. The molecular weight excluding hydrogens is 274 g/mol. The van der Waals surface area contributed by atoms with E-state index in [-0.39, 0.29) is 0 Å². The summed E-state index contributed by atoms with van der Waals surface area (Å²) in [5.74, 6) is 1.40. The molecule has 2 rings (SSSR count). The van der Waals surface area contributed by atoms with E-state index >= 15 is 0 Å². The minimum atomic E-state index is -0.870. The van der Waals surface area contributed by atoms with Gasteiger partial charge in [-0.2, -0.15) is 0 Å². The van der Waals surface area contributed by atoms with Crippen molar-refractivity contribution in [3.8, 4) is 22.1 Å². The lowest BCUT2D eigenvalue weighted by Gasteiger charge is -2.13. The maximum absolute atomic E-state index is 9.99. The number of nitrogens with zero attached hydrogens (tertiary/aromatic N) is 1. The SMILES string of the molecule is CCOc1ccc(-c2ncc(C(C)(C)O)s2)cc1OC. The van der Waals surface area contributed by atoms with Crippen molar-refractivity contribution in [1.29, 1.82) is 0 Å².